The third-order valence-electron chi connectivity index (χ3n) is 6.22. The van der Waals surface area contributed by atoms with Crippen molar-refractivity contribution in [3.05, 3.63) is 115 Å². The summed E-state index contributed by atoms with van der Waals surface area (Å²) in [6, 6.07) is 18.5. The number of likely N-dealkylation sites (tertiary alicyclic amines) is 1. The maximum absolute atomic E-state index is 13.9. The Morgan fingerprint density at radius 3 is 1.80 bits per heavy atom. The van der Waals surface area contributed by atoms with Crippen molar-refractivity contribution >= 4 is 87.8 Å². The molecule has 1 saturated heterocycles. The molecular weight excluding hydrogens is 614 g/mol. The molecular formula is C30H23Cl5N2O3. The largest absolute Gasteiger partial charge is 0.343 e. The quantitative estimate of drug-likeness (QED) is 0.221. The van der Waals surface area contributed by atoms with Crippen LogP contribution in [0.3, 0.4) is 0 Å². The number of alkyl halides is 1. The van der Waals surface area contributed by atoms with E-state index in [1.165, 1.54) is 4.90 Å². The number of piperidine rings is 1. The molecule has 0 bridgehead atoms. The molecule has 1 heterocycles. The van der Waals surface area contributed by atoms with Crippen molar-refractivity contribution < 1.29 is 14.4 Å². The van der Waals surface area contributed by atoms with E-state index < -0.39 is 11.9 Å². The summed E-state index contributed by atoms with van der Waals surface area (Å²) in [6.07, 6.45) is 3.61. The number of benzene rings is 3. The number of ketones is 1. The van der Waals surface area contributed by atoms with E-state index in [-0.39, 0.29) is 37.1 Å². The van der Waals surface area contributed by atoms with Gasteiger partial charge in [0.1, 0.15) is 11.9 Å². The predicted octanol–water partition coefficient (Wildman–Crippen LogP) is 7.14. The van der Waals surface area contributed by atoms with E-state index in [0.29, 0.717) is 42.4 Å². The maximum atomic E-state index is 13.9. The maximum Gasteiger partial charge on any atom is 0.246 e. The second kappa shape index (κ2) is 13.7. The first-order valence-electron chi connectivity index (χ1n) is 12.2. The highest BCUT2D eigenvalue weighted by atomic mass is 35.5. The highest BCUT2D eigenvalue weighted by Gasteiger charge is 2.33. The average molecular weight is 637 g/mol. The lowest BCUT2D eigenvalue weighted by Gasteiger charge is -2.33. The topological polar surface area (TPSA) is 66.5 Å². The molecule has 0 aliphatic carbocycles. The van der Waals surface area contributed by atoms with Gasteiger partial charge in [0, 0.05) is 30.7 Å². The minimum Gasteiger partial charge on any atom is -0.343 e. The summed E-state index contributed by atoms with van der Waals surface area (Å²) < 4.78 is 0. The van der Waals surface area contributed by atoms with Gasteiger partial charge < -0.3 is 10.2 Å². The summed E-state index contributed by atoms with van der Waals surface area (Å²) >= 11 is 30.3. The van der Waals surface area contributed by atoms with Gasteiger partial charge in [-0.15, -0.1) is 11.6 Å². The van der Waals surface area contributed by atoms with Gasteiger partial charge in [0.25, 0.3) is 0 Å². The zero-order chi connectivity index (χ0) is 28.8. The van der Waals surface area contributed by atoms with Crippen molar-refractivity contribution in [3.8, 4) is 0 Å². The highest BCUT2D eigenvalue weighted by Crippen LogP contribution is 2.28. The molecule has 0 saturated carbocycles. The van der Waals surface area contributed by atoms with Gasteiger partial charge >= 0.3 is 0 Å². The lowest BCUT2D eigenvalue weighted by Crippen LogP contribution is -2.53. The monoisotopic (exact) mass is 634 g/mol. The Morgan fingerprint density at radius 1 is 0.800 bits per heavy atom. The van der Waals surface area contributed by atoms with Crippen LogP contribution >= 0.6 is 58.0 Å². The van der Waals surface area contributed by atoms with Gasteiger partial charge in [-0.25, -0.2) is 0 Å². The standard InChI is InChI=1S/C30H23Cl5N2O3/c31-15-28(38)36-27(14-18-4-2-1-3-5-18)30(40)37-16-21(10-19-6-8-23(32)25(34)12-19)29(39)22(17-37)11-20-7-9-24(33)26(35)13-20/h1-13,27H,14-17H2,(H,36,38)/b21-10+,22-11+/t27-/m1/s1. The zero-order valence-corrected chi connectivity index (χ0v) is 24.8. The van der Waals surface area contributed by atoms with Gasteiger partial charge in [-0.05, 0) is 53.1 Å². The highest BCUT2D eigenvalue weighted by molar-refractivity contribution is 6.42. The Balaban J connectivity index is 1.73. The van der Waals surface area contributed by atoms with Crippen molar-refractivity contribution in [1.29, 1.82) is 0 Å². The van der Waals surface area contributed by atoms with Crippen LogP contribution in [0, 0.1) is 0 Å². The van der Waals surface area contributed by atoms with Crippen LogP contribution in [0.1, 0.15) is 16.7 Å². The number of hydrogen-bond acceptors (Lipinski definition) is 3. The summed E-state index contributed by atoms with van der Waals surface area (Å²) in [5.74, 6) is -1.34. The summed E-state index contributed by atoms with van der Waals surface area (Å²) in [6.45, 7) is 0.0529. The number of nitrogens with one attached hydrogen (secondary N) is 1. The van der Waals surface area contributed by atoms with E-state index in [4.69, 9.17) is 58.0 Å². The van der Waals surface area contributed by atoms with Gasteiger partial charge in [-0.1, -0.05) is 88.9 Å². The molecule has 3 aromatic carbocycles. The first-order chi connectivity index (χ1) is 19.1. The molecule has 1 aliphatic rings. The Bertz CT molecular complexity index is 1430. The van der Waals surface area contributed by atoms with Crippen LogP contribution in [0.4, 0.5) is 0 Å². The molecule has 0 aromatic heterocycles. The van der Waals surface area contributed by atoms with E-state index in [0.717, 1.165) is 5.56 Å². The summed E-state index contributed by atoms with van der Waals surface area (Å²) in [4.78, 5) is 41.3. The zero-order valence-electron chi connectivity index (χ0n) is 21.0. The molecule has 1 atom stereocenters. The second-order valence-corrected chi connectivity index (χ2v) is 11.0. The molecule has 2 amide bonds. The molecule has 4 rings (SSSR count). The molecule has 10 heteroatoms. The van der Waals surface area contributed by atoms with Crippen molar-refractivity contribution in [1.82, 2.24) is 10.2 Å². The van der Waals surface area contributed by atoms with Crippen LogP contribution in [0.25, 0.3) is 12.2 Å². The van der Waals surface area contributed by atoms with Crippen molar-refractivity contribution in [2.24, 2.45) is 0 Å². The minimum atomic E-state index is -0.890. The average Bonchev–Trinajstić information content (AvgIpc) is 2.94. The van der Waals surface area contributed by atoms with Gasteiger partial charge in [0.05, 0.1) is 20.1 Å². The number of hydrogen-bond donors (Lipinski definition) is 1. The second-order valence-electron chi connectivity index (χ2n) is 9.15. The Labute approximate surface area is 257 Å². The number of amides is 2. The smallest absolute Gasteiger partial charge is 0.246 e. The minimum absolute atomic E-state index is 0.0264. The van der Waals surface area contributed by atoms with Crippen LogP contribution in [0.5, 0.6) is 0 Å². The van der Waals surface area contributed by atoms with E-state index >= 15 is 0 Å². The fourth-order valence-corrected chi connectivity index (χ4v) is 5.00. The van der Waals surface area contributed by atoms with E-state index in [9.17, 15) is 14.4 Å². The molecule has 206 valence electrons. The Kier molecular flexibility index (Phi) is 10.3. The summed E-state index contributed by atoms with van der Waals surface area (Å²) in [5, 5.41) is 4.17. The molecule has 1 fully saturated rings. The van der Waals surface area contributed by atoms with E-state index in [1.807, 2.05) is 30.3 Å². The SMILES string of the molecule is O=C(CCl)N[C@H](Cc1ccccc1)C(=O)N1C/C(=C\c2ccc(Cl)c(Cl)c2)C(=O)/C(=C/c2ccc(Cl)c(Cl)c2)C1. The number of carbonyl (C=O) groups excluding carboxylic acids is 3. The molecule has 0 radical (unpaired) electrons. The summed E-state index contributed by atoms with van der Waals surface area (Å²) in [7, 11) is 0. The van der Waals surface area contributed by atoms with Crippen LogP contribution < -0.4 is 5.32 Å². The molecule has 0 spiro atoms. The van der Waals surface area contributed by atoms with Gasteiger partial charge in [0.15, 0.2) is 5.78 Å². The van der Waals surface area contributed by atoms with Crippen molar-refractivity contribution in [2.45, 2.75) is 12.5 Å². The fraction of sp³-hybridized carbons (Fsp3) is 0.167. The van der Waals surface area contributed by atoms with E-state index in [2.05, 4.69) is 5.32 Å². The molecule has 1 N–H and O–H groups in total. The van der Waals surface area contributed by atoms with Gasteiger partial charge in [-0.2, -0.15) is 0 Å². The van der Waals surface area contributed by atoms with Crippen molar-refractivity contribution in [2.75, 3.05) is 19.0 Å². The third kappa shape index (κ3) is 7.68. The molecule has 1 aliphatic heterocycles. The lowest BCUT2D eigenvalue weighted by atomic mass is 9.93. The molecule has 0 unspecified atom stereocenters. The number of Topliss-reactive ketones (excluding diaryl/α,β-unsaturated/α-hetero) is 1. The Hall–Kier alpha value is -2.80. The van der Waals surface area contributed by atoms with Gasteiger partial charge in [-0.3, -0.25) is 14.4 Å². The third-order valence-corrected chi connectivity index (χ3v) is 7.94. The Morgan fingerprint density at radius 2 is 1.32 bits per heavy atom. The van der Waals surface area contributed by atoms with Crippen LogP contribution in [-0.2, 0) is 20.8 Å². The first-order valence-corrected chi connectivity index (χ1v) is 14.2. The lowest BCUT2D eigenvalue weighted by molar-refractivity contribution is -0.136. The first kappa shape index (κ1) is 30.2. The fourth-order valence-electron chi connectivity index (χ4n) is 4.31. The van der Waals surface area contributed by atoms with E-state index in [1.54, 1.807) is 48.6 Å². The number of halogens is 5. The number of carbonyl (C=O) groups is 3. The van der Waals surface area contributed by atoms with Crippen molar-refractivity contribution in [3.63, 3.8) is 0 Å². The molecule has 5 nitrogen and oxygen atoms in total. The number of rotatable bonds is 7. The predicted molar refractivity (Wildman–Crippen MR) is 163 cm³/mol. The normalized spacial score (nSPS) is 16.3. The van der Waals surface area contributed by atoms with Crippen LogP contribution in [-0.4, -0.2) is 47.5 Å². The van der Waals surface area contributed by atoms with Crippen LogP contribution in [0.15, 0.2) is 77.9 Å². The molecule has 40 heavy (non-hydrogen) atoms. The van der Waals surface area contributed by atoms with Crippen LogP contribution in [0.2, 0.25) is 20.1 Å². The molecule has 3 aromatic rings. The van der Waals surface area contributed by atoms with Gasteiger partial charge in [0.2, 0.25) is 11.8 Å². The number of nitrogens with zero attached hydrogens (tertiary/aromatic N) is 1. The summed E-state index contributed by atoms with van der Waals surface area (Å²) in [5.41, 5.74) is 2.90.